The molecule has 4 aliphatic carbocycles. The summed E-state index contributed by atoms with van der Waals surface area (Å²) in [7, 11) is 0. The number of halogens is 1. The zero-order valence-electron chi connectivity index (χ0n) is 15.6. The van der Waals surface area contributed by atoms with Crippen molar-refractivity contribution >= 4 is 11.6 Å². The standard InChI is InChI=1S/C21H29FO4/c1-19-7-5-13(24)9-12(19)3-4-14-15(19)6-8-20(2)16(14)10-17(22)21(20,26)18(25)11-23/h9,14-17,23,26H,3-8,10-11H2,1-2H3/t14-,15+,16+,17+,19+,20+,21-/m1/s1. The highest BCUT2D eigenvalue weighted by Crippen LogP contribution is 2.68. The van der Waals surface area contributed by atoms with Crippen LogP contribution in [-0.4, -0.2) is 40.2 Å². The average Bonchev–Trinajstić information content (AvgIpc) is 2.83. The van der Waals surface area contributed by atoms with Crippen molar-refractivity contribution in [3.8, 4) is 0 Å². The van der Waals surface area contributed by atoms with Gasteiger partial charge >= 0.3 is 0 Å². The van der Waals surface area contributed by atoms with Crippen molar-refractivity contribution < 1.29 is 24.2 Å². The molecule has 0 unspecified atom stereocenters. The first-order valence-corrected chi connectivity index (χ1v) is 9.93. The fourth-order valence-corrected chi connectivity index (χ4v) is 7.15. The SMILES string of the molecule is C[C@]12CCC(=O)C=C1CC[C@@H]1[C@@H]2CC[C@@]2(C)[C@H]1C[C@H](F)[C@@]2(O)C(=O)CO. The second kappa shape index (κ2) is 5.71. The maximum absolute atomic E-state index is 15.0. The molecule has 0 amide bonds. The predicted molar refractivity (Wildman–Crippen MR) is 94.0 cm³/mol. The second-order valence-electron chi connectivity index (χ2n) is 9.48. The van der Waals surface area contributed by atoms with Gasteiger partial charge in [-0.3, -0.25) is 9.59 Å². The summed E-state index contributed by atoms with van der Waals surface area (Å²) in [6, 6.07) is 0. The number of hydrogen-bond acceptors (Lipinski definition) is 4. The van der Waals surface area contributed by atoms with Gasteiger partial charge in [-0.15, -0.1) is 0 Å². The lowest BCUT2D eigenvalue weighted by Gasteiger charge is -2.58. The number of allylic oxidation sites excluding steroid dienone is 1. The molecule has 0 saturated heterocycles. The van der Waals surface area contributed by atoms with Gasteiger partial charge in [-0.2, -0.15) is 0 Å². The highest BCUT2D eigenvalue weighted by molar-refractivity contribution is 5.92. The second-order valence-corrected chi connectivity index (χ2v) is 9.48. The van der Waals surface area contributed by atoms with Crippen molar-refractivity contribution in [1.82, 2.24) is 0 Å². The van der Waals surface area contributed by atoms with Gasteiger partial charge in [0.05, 0.1) is 0 Å². The Bertz CT molecular complexity index is 687. The van der Waals surface area contributed by atoms with Crippen LogP contribution in [0, 0.1) is 28.6 Å². The summed E-state index contributed by atoms with van der Waals surface area (Å²) < 4.78 is 15.0. The zero-order valence-corrected chi connectivity index (χ0v) is 15.6. The molecule has 0 heterocycles. The summed E-state index contributed by atoms with van der Waals surface area (Å²) in [5, 5.41) is 20.4. The molecule has 3 fully saturated rings. The molecular weight excluding hydrogens is 335 g/mol. The number of fused-ring (bicyclic) bond motifs is 5. The number of aliphatic hydroxyl groups excluding tert-OH is 1. The molecule has 144 valence electrons. The van der Waals surface area contributed by atoms with E-state index in [4.69, 9.17) is 0 Å². The molecule has 0 radical (unpaired) electrons. The number of carbonyl (C=O) groups is 2. The number of alkyl halides is 1. The topological polar surface area (TPSA) is 74.6 Å². The van der Waals surface area contributed by atoms with E-state index in [2.05, 4.69) is 6.92 Å². The maximum Gasteiger partial charge on any atom is 0.193 e. The minimum Gasteiger partial charge on any atom is -0.388 e. The Morgan fingerprint density at radius 3 is 2.65 bits per heavy atom. The van der Waals surface area contributed by atoms with E-state index in [-0.39, 0.29) is 29.5 Å². The van der Waals surface area contributed by atoms with Gasteiger partial charge in [-0.25, -0.2) is 4.39 Å². The summed E-state index contributed by atoms with van der Waals surface area (Å²) >= 11 is 0. The van der Waals surface area contributed by atoms with Gasteiger partial charge in [0.25, 0.3) is 0 Å². The van der Waals surface area contributed by atoms with Crippen molar-refractivity contribution in [3.05, 3.63) is 11.6 Å². The Morgan fingerprint density at radius 2 is 1.96 bits per heavy atom. The number of hydrogen-bond donors (Lipinski definition) is 2. The fraction of sp³-hybridized carbons (Fsp3) is 0.810. The molecule has 0 aromatic carbocycles. The first kappa shape index (κ1) is 18.3. The van der Waals surface area contributed by atoms with Crippen LogP contribution in [0.2, 0.25) is 0 Å². The molecule has 7 atom stereocenters. The van der Waals surface area contributed by atoms with E-state index in [1.165, 1.54) is 5.57 Å². The normalized spacial score (nSPS) is 50.5. The van der Waals surface area contributed by atoms with Crippen LogP contribution in [0.4, 0.5) is 4.39 Å². The lowest BCUT2D eigenvalue weighted by molar-refractivity contribution is -0.172. The molecule has 4 aliphatic rings. The van der Waals surface area contributed by atoms with E-state index >= 15 is 0 Å². The number of aliphatic hydroxyl groups is 2. The van der Waals surface area contributed by atoms with Crippen molar-refractivity contribution in [1.29, 1.82) is 0 Å². The lowest BCUT2D eigenvalue weighted by Crippen LogP contribution is -2.60. The number of ketones is 2. The largest absolute Gasteiger partial charge is 0.388 e. The molecule has 4 nitrogen and oxygen atoms in total. The van der Waals surface area contributed by atoms with Crippen molar-refractivity contribution in [2.24, 2.45) is 28.6 Å². The van der Waals surface area contributed by atoms with E-state index < -0.39 is 29.6 Å². The highest BCUT2D eigenvalue weighted by atomic mass is 19.1. The Balaban J connectivity index is 1.71. The van der Waals surface area contributed by atoms with Gasteiger partial charge in [0.15, 0.2) is 17.2 Å². The maximum atomic E-state index is 15.0. The number of rotatable bonds is 2. The summed E-state index contributed by atoms with van der Waals surface area (Å²) in [5.41, 5.74) is -1.67. The molecule has 3 saturated carbocycles. The molecule has 0 spiro atoms. The van der Waals surface area contributed by atoms with Gasteiger partial charge in [-0.05, 0) is 67.8 Å². The van der Waals surface area contributed by atoms with Gasteiger partial charge in [0, 0.05) is 11.8 Å². The molecule has 26 heavy (non-hydrogen) atoms. The Morgan fingerprint density at radius 1 is 1.23 bits per heavy atom. The van der Waals surface area contributed by atoms with Crippen molar-refractivity contribution in [2.75, 3.05) is 6.61 Å². The average molecular weight is 364 g/mol. The van der Waals surface area contributed by atoms with E-state index in [0.29, 0.717) is 18.8 Å². The van der Waals surface area contributed by atoms with E-state index in [1.807, 2.05) is 13.0 Å². The van der Waals surface area contributed by atoms with E-state index in [0.717, 1.165) is 25.7 Å². The third kappa shape index (κ3) is 2.07. The fourth-order valence-electron chi connectivity index (χ4n) is 7.15. The smallest absolute Gasteiger partial charge is 0.193 e. The zero-order chi connectivity index (χ0) is 18.9. The van der Waals surface area contributed by atoms with Crippen LogP contribution in [0.5, 0.6) is 0 Å². The van der Waals surface area contributed by atoms with Gasteiger partial charge in [0.2, 0.25) is 0 Å². The van der Waals surface area contributed by atoms with E-state index in [9.17, 15) is 24.2 Å². The number of carbonyl (C=O) groups excluding carboxylic acids is 2. The van der Waals surface area contributed by atoms with Crippen LogP contribution < -0.4 is 0 Å². The molecule has 0 aliphatic heterocycles. The summed E-state index contributed by atoms with van der Waals surface area (Å²) in [6.07, 6.45) is 4.97. The van der Waals surface area contributed by atoms with Gasteiger partial charge < -0.3 is 10.2 Å². The summed E-state index contributed by atoms with van der Waals surface area (Å²) in [5.74, 6) is -0.00780. The Labute approximate surface area is 153 Å². The number of Topliss-reactive ketones (excluding diaryl/α,β-unsaturated/α-hetero) is 1. The quantitative estimate of drug-likeness (QED) is 0.790. The monoisotopic (exact) mass is 364 g/mol. The Kier molecular flexibility index (Phi) is 4.02. The summed E-state index contributed by atoms with van der Waals surface area (Å²) in [6.45, 7) is 3.27. The van der Waals surface area contributed by atoms with Gasteiger partial charge in [-0.1, -0.05) is 19.4 Å². The minimum absolute atomic E-state index is 0.0222. The van der Waals surface area contributed by atoms with Gasteiger partial charge in [0.1, 0.15) is 12.8 Å². The summed E-state index contributed by atoms with van der Waals surface area (Å²) in [4.78, 5) is 24.2. The third-order valence-corrected chi connectivity index (χ3v) is 8.71. The van der Waals surface area contributed by atoms with E-state index in [1.54, 1.807) is 0 Å². The molecule has 0 aromatic heterocycles. The highest BCUT2D eigenvalue weighted by Gasteiger charge is 2.70. The van der Waals surface area contributed by atoms with Crippen LogP contribution in [0.3, 0.4) is 0 Å². The lowest BCUT2D eigenvalue weighted by atomic mass is 9.46. The molecular formula is C21H29FO4. The van der Waals surface area contributed by atoms with Crippen LogP contribution in [0.25, 0.3) is 0 Å². The third-order valence-electron chi connectivity index (χ3n) is 8.71. The minimum atomic E-state index is -2.07. The van der Waals surface area contributed by atoms with Crippen molar-refractivity contribution in [3.63, 3.8) is 0 Å². The Hall–Kier alpha value is -1.07. The van der Waals surface area contributed by atoms with Crippen LogP contribution in [0.15, 0.2) is 11.6 Å². The molecule has 2 N–H and O–H groups in total. The molecule has 4 rings (SSSR count). The predicted octanol–water partition coefficient (Wildman–Crippen LogP) is 2.76. The molecule has 0 bridgehead atoms. The van der Waals surface area contributed by atoms with Crippen LogP contribution >= 0.6 is 0 Å². The first-order valence-electron chi connectivity index (χ1n) is 9.93. The first-order chi connectivity index (χ1) is 12.2. The van der Waals surface area contributed by atoms with Crippen LogP contribution in [-0.2, 0) is 9.59 Å². The van der Waals surface area contributed by atoms with Crippen LogP contribution in [0.1, 0.15) is 58.8 Å². The molecule has 5 heteroatoms. The van der Waals surface area contributed by atoms with Crippen molar-refractivity contribution in [2.45, 2.75) is 70.6 Å². The molecule has 0 aromatic rings.